The minimum atomic E-state index is -4.21. The molecule has 1 unspecified atom stereocenters. The second kappa shape index (κ2) is 10.6. The van der Waals surface area contributed by atoms with Gasteiger partial charge in [0.05, 0.1) is 30.8 Å². The highest BCUT2D eigenvalue weighted by atomic mass is 32.2. The third-order valence-corrected chi connectivity index (χ3v) is 8.11. The Hall–Kier alpha value is -3.59. The number of carbonyl (C=O) groups is 1. The lowest BCUT2D eigenvalue weighted by molar-refractivity contribution is -0.120. The Balaban J connectivity index is 1.61. The fourth-order valence-corrected chi connectivity index (χ4v) is 5.83. The molecule has 190 valence electrons. The van der Waals surface area contributed by atoms with E-state index < -0.39 is 28.3 Å². The van der Waals surface area contributed by atoms with E-state index in [1.807, 2.05) is 13.0 Å². The van der Waals surface area contributed by atoms with Gasteiger partial charge in [0.1, 0.15) is 12.4 Å². The third kappa shape index (κ3) is 5.31. The third-order valence-electron chi connectivity index (χ3n) is 6.34. The SMILES string of the molecule is COc1ccc(S(=O)(=O)N(CC(=O)NC(C)c2ccc3c(c2)CCC3)c2ccc(F)cc2)cc1OC. The van der Waals surface area contributed by atoms with Crippen molar-refractivity contribution in [1.29, 1.82) is 0 Å². The molecule has 0 bridgehead atoms. The number of fused-ring (bicyclic) bond motifs is 1. The van der Waals surface area contributed by atoms with E-state index in [1.54, 1.807) is 0 Å². The van der Waals surface area contributed by atoms with Crippen LogP contribution in [-0.2, 0) is 27.7 Å². The second-order valence-electron chi connectivity index (χ2n) is 8.68. The summed E-state index contributed by atoms with van der Waals surface area (Å²) in [5.74, 6) is -0.411. The molecule has 0 radical (unpaired) electrons. The van der Waals surface area contributed by atoms with Gasteiger partial charge in [-0.3, -0.25) is 9.10 Å². The first-order valence-electron chi connectivity index (χ1n) is 11.6. The van der Waals surface area contributed by atoms with Crippen LogP contribution in [0.15, 0.2) is 65.6 Å². The Morgan fingerprint density at radius 3 is 2.36 bits per heavy atom. The molecule has 9 heteroatoms. The van der Waals surface area contributed by atoms with Gasteiger partial charge in [-0.05, 0) is 79.3 Å². The molecule has 0 spiro atoms. The number of rotatable bonds is 9. The van der Waals surface area contributed by atoms with E-state index in [1.165, 1.54) is 55.7 Å². The molecule has 0 aliphatic heterocycles. The predicted octanol–water partition coefficient (Wildman–Crippen LogP) is 4.40. The van der Waals surface area contributed by atoms with Gasteiger partial charge in [0.25, 0.3) is 10.0 Å². The molecule has 0 heterocycles. The van der Waals surface area contributed by atoms with Gasteiger partial charge in [-0.1, -0.05) is 18.2 Å². The van der Waals surface area contributed by atoms with E-state index in [0.717, 1.165) is 41.3 Å². The number of carbonyl (C=O) groups excluding carboxylic acids is 1. The van der Waals surface area contributed by atoms with Crippen LogP contribution >= 0.6 is 0 Å². The standard InChI is InChI=1S/C27H29FN2O5S/c1-18(20-8-7-19-5-4-6-21(19)15-20)29-27(31)17-30(23-11-9-22(28)10-12-23)36(32,33)24-13-14-25(34-2)26(16-24)35-3/h7-16,18H,4-6,17H2,1-3H3,(H,29,31). The number of hydrogen-bond acceptors (Lipinski definition) is 5. The summed E-state index contributed by atoms with van der Waals surface area (Å²) < 4.78 is 52.3. The molecule has 3 aromatic rings. The summed E-state index contributed by atoms with van der Waals surface area (Å²) in [7, 11) is -1.36. The quantitative estimate of drug-likeness (QED) is 0.459. The summed E-state index contributed by atoms with van der Waals surface area (Å²) in [5.41, 5.74) is 3.74. The van der Waals surface area contributed by atoms with Crippen LogP contribution in [-0.4, -0.2) is 35.1 Å². The smallest absolute Gasteiger partial charge is 0.264 e. The number of aryl methyl sites for hydroxylation is 2. The van der Waals surface area contributed by atoms with E-state index in [9.17, 15) is 17.6 Å². The maximum Gasteiger partial charge on any atom is 0.264 e. The molecule has 0 saturated carbocycles. The maximum absolute atomic E-state index is 13.7. The van der Waals surface area contributed by atoms with E-state index >= 15 is 0 Å². The Kier molecular flexibility index (Phi) is 7.49. The van der Waals surface area contributed by atoms with Gasteiger partial charge in [-0.15, -0.1) is 0 Å². The lowest BCUT2D eigenvalue weighted by atomic mass is 10.0. The molecule has 1 N–H and O–H groups in total. The summed E-state index contributed by atoms with van der Waals surface area (Å²) in [5, 5.41) is 2.90. The van der Waals surface area contributed by atoms with Crippen LogP contribution in [0, 0.1) is 5.82 Å². The Morgan fingerprint density at radius 1 is 0.972 bits per heavy atom. The number of sulfonamides is 1. The van der Waals surface area contributed by atoms with Crippen LogP contribution in [0.1, 0.15) is 36.1 Å². The molecule has 1 aliphatic carbocycles. The lowest BCUT2D eigenvalue weighted by Gasteiger charge is -2.25. The number of benzene rings is 3. The normalized spacial score (nSPS) is 13.6. The highest BCUT2D eigenvalue weighted by molar-refractivity contribution is 7.92. The zero-order valence-electron chi connectivity index (χ0n) is 20.5. The fraction of sp³-hybridized carbons (Fsp3) is 0.296. The number of amides is 1. The summed E-state index contributed by atoms with van der Waals surface area (Å²) >= 11 is 0. The van der Waals surface area contributed by atoms with Crippen molar-refractivity contribution >= 4 is 21.6 Å². The molecule has 1 atom stereocenters. The van der Waals surface area contributed by atoms with Crippen molar-refractivity contribution in [3.63, 3.8) is 0 Å². The van der Waals surface area contributed by atoms with Crippen LogP contribution in [0.3, 0.4) is 0 Å². The lowest BCUT2D eigenvalue weighted by Crippen LogP contribution is -2.41. The highest BCUT2D eigenvalue weighted by Gasteiger charge is 2.29. The molecule has 7 nitrogen and oxygen atoms in total. The van der Waals surface area contributed by atoms with Gasteiger partial charge >= 0.3 is 0 Å². The maximum atomic E-state index is 13.7. The van der Waals surface area contributed by atoms with Crippen molar-refractivity contribution < 1.29 is 27.1 Å². The molecular formula is C27H29FN2O5S. The minimum Gasteiger partial charge on any atom is -0.493 e. The van der Waals surface area contributed by atoms with Crippen molar-refractivity contribution in [2.45, 2.75) is 37.1 Å². The molecule has 0 saturated heterocycles. The van der Waals surface area contributed by atoms with Crippen LogP contribution in [0.2, 0.25) is 0 Å². The first kappa shape index (κ1) is 25.5. The summed E-state index contributed by atoms with van der Waals surface area (Å²) in [6, 6.07) is 15.0. The van der Waals surface area contributed by atoms with E-state index in [4.69, 9.17) is 9.47 Å². The molecule has 1 aliphatic rings. The number of methoxy groups -OCH3 is 2. The number of ether oxygens (including phenoxy) is 2. The van der Waals surface area contributed by atoms with Gasteiger partial charge in [0.15, 0.2) is 11.5 Å². The summed E-state index contributed by atoms with van der Waals surface area (Å²) in [6.07, 6.45) is 3.21. The minimum absolute atomic E-state index is 0.0936. The first-order chi connectivity index (χ1) is 17.2. The fourth-order valence-electron chi connectivity index (χ4n) is 4.39. The molecule has 36 heavy (non-hydrogen) atoms. The summed E-state index contributed by atoms with van der Waals surface area (Å²) in [4.78, 5) is 13.0. The Morgan fingerprint density at radius 2 is 1.67 bits per heavy atom. The van der Waals surface area contributed by atoms with Gasteiger partial charge < -0.3 is 14.8 Å². The van der Waals surface area contributed by atoms with Gasteiger partial charge in [0.2, 0.25) is 5.91 Å². The number of nitrogens with one attached hydrogen (secondary N) is 1. The number of nitrogens with zero attached hydrogens (tertiary/aromatic N) is 1. The van der Waals surface area contributed by atoms with Crippen LogP contribution < -0.4 is 19.1 Å². The number of halogens is 1. The number of hydrogen-bond donors (Lipinski definition) is 1. The highest BCUT2D eigenvalue weighted by Crippen LogP contribution is 2.32. The van der Waals surface area contributed by atoms with Crippen molar-refractivity contribution in [2.24, 2.45) is 0 Å². The topological polar surface area (TPSA) is 84.9 Å². The van der Waals surface area contributed by atoms with Crippen molar-refractivity contribution in [1.82, 2.24) is 5.32 Å². The zero-order chi connectivity index (χ0) is 25.9. The number of anilines is 1. The average Bonchev–Trinajstić information content (AvgIpc) is 3.35. The molecule has 3 aromatic carbocycles. The molecule has 0 aromatic heterocycles. The van der Waals surface area contributed by atoms with Crippen LogP contribution in [0.5, 0.6) is 11.5 Å². The van der Waals surface area contributed by atoms with E-state index in [-0.39, 0.29) is 22.4 Å². The van der Waals surface area contributed by atoms with Crippen molar-refractivity contribution in [3.05, 3.63) is 83.2 Å². The molecule has 0 fully saturated rings. The molecule has 1 amide bonds. The monoisotopic (exact) mass is 512 g/mol. The average molecular weight is 513 g/mol. The van der Waals surface area contributed by atoms with Crippen LogP contribution in [0.4, 0.5) is 10.1 Å². The largest absolute Gasteiger partial charge is 0.493 e. The Labute approximate surface area is 210 Å². The zero-order valence-corrected chi connectivity index (χ0v) is 21.3. The van der Waals surface area contributed by atoms with Gasteiger partial charge in [-0.25, -0.2) is 12.8 Å². The molecular weight excluding hydrogens is 483 g/mol. The summed E-state index contributed by atoms with van der Waals surface area (Å²) in [6.45, 7) is 1.37. The van der Waals surface area contributed by atoms with Gasteiger partial charge in [0, 0.05) is 6.07 Å². The van der Waals surface area contributed by atoms with E-state index in [0.29, 0.717) is 5.75 Å². The molecule has 4 rings (SSSR count). The van der Waals surface area contributed by atoms with Gasteiger partial charge in [-0.2, -0.15) is 0 Å². The Bertz CT molecular complexity index is 1360. The first-order valence-corrected chi connectivity index (χ1v) is 13.1. The van der Waals surface area contributed by atoms with Crippen molar-refractivity contribution in [3.8, 4) is 11.5 Å². The van der Waals surface area contributed by atoms with E-state index in [2.05, 4.69) is 17.4 Å². The second-order valence-corrected chi connectivity index (χ2v) is 10.5. The van der Waals surface area contributed by atoms with Crippen LogP contribution in [0.25, 0.3) is 0 Å². The predicted molar refractivity (Wildman–Crippen MR) is 136 cm³/mol. The van der Waals surface area contributed by atoms with Crippen molar-refractivity contribution in [2.75, 3.05) is 25.1 Å².